The molecule has 0 heterocycles. The molecule has 1 N–H and O–H groups in total. The van der Waals surface area contributed by atoms with E-state index in [4.69, 9.17) is 10.00 Å². The topological polar surface area (TPSA) is 45.0 Å². The van der Waals surface area contributed by atoms with Crippen molar-refractivity contribution in [3.63, 3.8) is 0 Å². The van der Waals surface area contributed by atoms with Gasteiger partial charge in [-0.25, -0.2) is 4.39 Å². The van der Waals surface area contributed by atoms with Gasteiger partial charge in [0.15, 0.2) is 6.61 Å². The third-order valence-electron chi connectivity index (χ3n) is 2.99. The zero-order valence-corrected chi connectivity index (χ0v) is 13.0. The average Bonchev–Trinajstić information content (AvgIpc) is 2.49. The molecule has 0 saturated heterocycles. The Morgan fingerprint density at radius 2 is 2.00 bits per heavy atom. The molecule has 3 nitrogen and oxygen atoms in total. The molecule has 0 aliphatic rings. The van der Waals surface area contributed by atoms with Crippen molar-refractivity contribution in [3.05, 3.63) is 58.3 Å². The molecule has 0 bridgehead atoms. The summed E-state index contributed by atoms with van der Waals surface area (Å²) in [7, 11) is 0. The van der Waals surface area contributed by atoms with Crippen LogP contribution in [0.5, 0.6) is 5.75 Å². The van der Waals surface area contributed by atoms with E-state index in [9.17, 15) is 4.39 Å². The van der Waals surface area contributed by atoms with Crippen molar-refractivity contribution in [2.75, 3.05) is 11.9 Å². The predicted octanol–water partition coefficient (Wildman–Crippen LogP) is 4.66. The number of nitriles is 1. The second kappa shape index (κ2) is 7.09. The Balaban J connectivity index is 2.04. The van der Waals surface area contributed by atoms with Gasteiger partial charge in [0, 0.05) is 11.7 Å². The van der Waals surface area contributed by atoms with Crippen LogP contribution in [0.4, 0.5) is 10.1 Å². The lowest BCUT2D eigenvalue weighted by atomic mass is 10.1. The smallest absolute Gasteiger partial charge is 0.174 e. The second-order valence-electron chi connectivity index (χ2n) is 4.51. The molecule has 1 atom stereocenters. The van der Waals surface area contributed by atoms with E-state index in [0.717, 1.165) is 11.3 Å². The third-order valence-corrected chi connectivity index (χ3v) is 3.59. The summed E-state index contributed by atoms with van der Waals surface area (Å²) in [6, 6.07) is 14.3. The first kappa shape index (κ1) is 15.3. The summed E-state index contributed by atoms with van der Waals surface area (Å²) in [6.45, 7) is 2.05. The lowest BCUT2D eigenvalue weighted by Gasteiger charge is -2.16. The van der Waals surface area contributed by atoms with E-state index in [1.165, 1.54) is 6.07 Å². The van der Waals surface area contributed by atoms with Gasteiger partial charge < -0.3 is 10.1 Å². The number of nitrogens with zero attached hydrogens (tertiary/aromatic N) is 1. The van der Waals surface area contributed by atoms with Gasteiger partial charge in [-0.1, -0.05) is 12.1 Å². The first-order valence-corrected chi connectivity index (χ1v) is 7.21. The van der Waals surface area contributed by atoms with Crippen LogP contribution in [0.25, 0.3) is 0 Å². The Morgan fingerprint density at radius 1 is 1.29 bits per heavy atom. The second-order valence-corrected chi connectivity index (χ2v) is 5.37. The predicted molar refractivity (Wildman–Crippen MR) is 83.7 cm³/mol. The Kier molecular flexibility index (Phi) is 5.18. The van der Waals surface area contributed by atoms with Crippen molar-refractivity contribution in [2.45, 2.75) is 13.0 Å². The van der Waals surface area contributed by atoms with Crippen molar-refractivity contribution in [3.8, 4) is 11.8 Å². The molecule has 0 aliphatic carbocycles. The maximum Gasteiger partial charge on any atom is 0.174 e. The van der Waals surface area contributed by atoms with Crippen LogP contribution >= 0.6 is 15.9 Å². The van der Waals surface area contributed by atoms with Gasteiger partial charge >= 0.3 is 0 Å². The summed E-state index contributed by atoms with van der Waals surface area (Å²) in [5.74, 6) is 0.379. The molecule has 108 valence electrons. The maximum absolute atomic E-state index is 13.2. The largest absolute Gasteiger partial charge is 0.479 e. The Hall–Kier alpha value is -2.06. The fourth-order valence-electron chi connectivity index (χ4n) is 1.89. The standard InChI is InChI=1S/C16H14BrFN2O/c1-11(20-13-4-7-16(18)15(17)10-13)12-2-5-14(6-3-12)21-9-8-19/h2-7,10-11,20H,9H2,1H3. The molecule has 2 aromatic rings. The van der Waals surface area contributed by atoms with Gasteiger partial charge in [-0.05, 0) is 58.7 Å². The zero-order valence-electron chi connectivity index (χ0n) is 11.4. The van der Waals surface area contributed by atoms with E-state index in [-0.39, 0.29) is 18.5 Å². The summed E-state index contributed by atoms with van der Waals surface area (Å²) in [6.07, 6.45) is 0. The molecular weight excluding hydrogens is 335 g/mol. The van der Waals surface area contributed by atoms with Gasteiger partial charge in [0.05, 0.1) is 4.47 Å². The molecule has 0 radical (unpaired) electrons. The lowest BCUT2D eigenvalue weighted by Crippen LogP contribution is -2.06. The summed E-state index contributed by atoms with van der Waals surface area (Å²) >= 11 is 3.17. The highest BCUT2D eigenvalue weighted by atomic mass is 79.9. The summed E-state index contributed by atoms with van der Waals surface area (Å²) in [5, 5.41) is 11.8. The molecule has 0 saturated carbocycles. The van der Waals surface area contributed by atoms with Crippen LogP contribution in [0.3, 0.4) is 0 Å². The zero-order chi connectivity index (χ0) is 15.2. The highest BCUT2D eigenvalue weighted by Crippen LogP contribution is 2.25. The fourth-order valence-corrected chi connectivity index (χ4v) is 2.27. The van der Waals surface area contributed by atoms with Crippen LogP contribution in [0.1, 0.15) is 18.5 Å². The Morgan fingerprint density at radius 3 is 2.62 bits per heavy atom. The summed E-state index contributed by atoms with van der Waals surface area (Å²) < 4.78 is 18.8. The highest BCUT2D eigenvalue weighted by Gasteiger charge is 2.07. The number of ether oxygens (including phenoxy) is 1. The van der Waals surface area contributed by atoms with Crippen LogP contribution in [-0.4, -0.2) is 6.61 Å². The number of anilines is 1. The molecule has 0 aromatic heterocycles. The van der Waals surface area contributed by atoms with Gasteiger partial charge in [-0.15, -0.1) is 0 Å². The quantitative estimate of drug-likeness (QED) is 0.854. The average molecular weight is 349 g/mol. The summed E-state index contributed by atoms with van der Waals surface area (Å²) in [4.78, 5) is 0. The third kappa shape index (κ3) is 4.20. The molecule has 0 amide bonds. The van der Waals surface area contributed by atoms with Gasteiger partial charge in [0.1, 0.15) is 17.6 Å². The van der Waals surface area contributed by atoms with E-state index in [2.05, 4.69) is 21.2 Å². The molecule has 2 aromatic carbocycles. The molecule has 2 rings (SSSR count). The van der Waals surface area contributed by atoms with Crippen LogP contribution in [0.2, 0.25) is 0 Å². The molecule has 5 heteroatoms. The number of benzene rings is 2. The van der Waals surface area contributed by atoms with Crippen LogP contribution in [0.15, 0.2) is 46.9 Å². The number of nitrogens with one attached hydrogen (secondary N) is 1. The van der Waals surface area contributed by atoms with Crippen LogP contribution in [0, 0.1) is 17.1 Å². The van der Waals surface area contributed by atoms with Crippen molar-refractivity contribution < 1.29 is 9.13 Å². The first-order chi connectivity index (χ1) is 10.1. The number of rotatable bonds is 5. The summed E-state index contributed by atoms with van der Waals surface area (Å²) in [5.41, 5.74) is 1.90. The van der Waals surface area contributed by atoms with E-state index >= 15 is 0 Å². The minimum absolute atomic E-state index is 0.0384. The minimum Gasteiger partial charge on any atom is -0.479 e. The lowest BCUT2D eigenvalue weighted by molar-refractivity contribution is 0.368. The maximum atomic E-state index is 13.2. The van der Waals surface area contributed by atoms with Crippen molar-refractivity contribution in [1.82, 2.24) is 0 Å². The number of halogens is 2. The molecule has 21 heavy (non-hydrogen) atoms. The van der Waals surface area contributed by atoms with E-state index in [0.29, 0.717) is 10.2 Å². The highest BCUT2D eigenvalue weighted by molar-refractivity contribution is 9.10. The van der Waals surface area contributed by atoms with Gasteiger partial charge in [0.25, 0.3) is 0 Å². The normalized spacial score (nSPS) is 11.5. The molecular formula is C16H14BrFN2O. The van der Waals surface area contributed by atoms with Crippen molar-refractivity contribution >= 4 is 21.6 Å². The first-order valence-electron chi connectivity index (χ1n) is 6.41. The van der Waals surface area contributed by atoms with E-state index in [1.807, 2.05) is 37.3 Å². The van der Waals surface area contributed by atoms with Gasteiger partial charge in [-0.3, -0.25) is 0 Å². The molecule has 1 unspecified atom stereocenters. The van der Waals surface area contributed by atoms with Crippen LogP contribution < -0.4 is 10.1 Å². The molecule has 0 fully saturated rings. The van der Waals surface area contributed by atoms with E-state index < -0.39 is 0 Å². The Bertz CT molecular complexity index is 652. The van der Waals surface area contributed by atoms with E-state index in [1.54, 1.807) is 12.1 Å². The fraction of sp³-hybridized carbons (Fsp3) is 0.188. The Labute approximate surface area is 131 Å². The van der Waals surface area contributed by atoms with Crippen LogP contribution in [-0.2, 0) is 0 Å². The number of hydrogen-bond acceptors (Lipinski definition) is 3. The molecule has 0 aliphatic heterocycles. The van der Waals surface area contributed by atoms with Crippen molar-refractivity contribution in [1.29, 1.82) is 5.26 Å². The van der Waals surface area contributed by atoms with Gasteiger partial charge in [-0.2, -0.15) is 5.26 Å². The monoisotopic (exact) mass is 348 g/mol. The minimum atomic E-state index is -0.285. The van der Waals surface area contributed by atoms with Crippen molar-refractivity contribution in [2.24, 2.45) is 0 Å². The SMILES string of the molecule is CC(Nc1ccc(F)c(Br)c1)c1ccc(OCC#N)cc1. The van der Waals surface area contributed by atoms with Gasteiger partial charge in [0.2, 0.25) is 0 Å². The number of hydrogen-bond donors (Lipinski definition) is 1. The molecule has 0 spiro atoms.